The molecule has 10 heteroatoms. The summed E-state index contributed by atoms with van der Waals surface area (Å²) in [5.74, 6) is -0.919. The smallest absolute Gasteiger partial charge is 0.264 e. The van der Waals surface area contributed by atoms with Crippen molar-refractivity contribution in [2.45, 2.75) is 51.2 Å². The van der Waals surface area contributed by atoms with Gasteiger partial charge in [0.05, 0.1) is 10.6 Å². The van der Waals surface area contributed by atoms with Crippen LogP contribution >= 0.6 is 23.2 Å². The number of benzene rings is 3. The SMILES string of the molecule is Cc1ccc(N(CC(=O)N(Cc2ccccc2Cl)[C@H](C)C(=O)NC(C)C)S(=O)(=O)c2ccc(Cl)cc2)cc1. The maximum Gasteiger partial charge on any atom is 0.264 e. The number of amides is 2. The molecular formula is C28H31Cl2N3O4S. The molecule has 0 bridgehead atoms. The van der Waals surface area contributed by atoms with Crippen molar-refractivity contribution in [3.8, 4) is 0 Å². The van der Waals surface area contributed by atoms with Gasteiger partial charge >= 0.3 is 0 Å². The van der Waals surface area contributed by atoms with E-state index >= 15 is 0 Å². The molecular weight excluding hydrogens is 545 g/mol. The maximum absolute atomic E-state index is 13.8. The van der Waals surface area contributed by atoms with Gasteiger partial charge < -0.3 is 10.2 Å². The lowest BCUT2D eigenvalue weighted by Crippen LogP contribution is -2.52. The minimum atomic E-state index is -4.16. The van der Waals surface area contributed by atoms with Gasteiger partial charge in [0.2, 0.25) is 11.8 Å². The second-order valence-corrected chi connectivity index (χ2v) is 12.0. The first-order valence-electron chi connectivity index (χ1n) is 12.1. The van der Waals surface area contributed by atoms with E-state index in [0.29, 0.717) is 21.3 Å². The third-order valence-corrected chi connectivity index (χ3v) is 8.31. The Bertz CT molecular complexity index is 1380. The minimum Gasteiger partial charge on any atom is -0.352 e. The predicted octanol–water partition coefficient (Wildman–Crippen LogP) is 5.44. The molecule has 3 rings (SSSR count). The van der Waals surface area contributed by atoms with E-state index < -0.39 is 28.5 Å². The highest BCUT2D eigenvalue weighted by molar-refractivity contribution is 7.92. The van der Waals surface area contributed by atoms with E-state index in [0.717, 1.165) is 9.87 Å². The zero-order valence-corrected chi connectivity index (χ0v) is 24.0. The lowest BCUT2D eigenvalue weighted by molar-refractivity contribution is -0.139. The standard InChI is InChI=1S/C28H31Cl2N3O4S/c1-19(2)31-28(35)21(4)32(17-22-7-5-6-8-26(22)30)27(34)18-33(24-13-9-20(3)10-14-24)38(36,37)25-15-11-23(29)12-16-25/h5-16,19,21H,17-18H2,1-4H3,(H,31,35)/t21-/m1/s1. The molecule has 0 aliphatic heterocycles. The highest BCUT2D eigenvalue weighted by Crippen LogP contribution is 2.26. The van der Waals surface area contributed by atoms with E-state index in [-0.39, 0.29) is 23.4 Å². The molecule has 0 aliphatic rings. The van der Waals surface area contributed by atoms with Gasteiger partial charge in [0.15, 0.2) is 0 Å². The summed E-state index contributed by atoms with van der Waals surface area (Å²) in [5.41, 5.74) is 1.88. The summed E-state index contributed by atoms with van der Waals surface area (Å²) < 4.78 is 28.6. The Morgan fingerprint density at radius 1 is 0.895 bits per heavy atom. The number of nitrogens with one attached hydrogen (secondary N) is 1. The summed E-state index contributed by atoms with van der Waals surface area (Å²) in [5, 5.41) is 3.64. The normalized spacial score (nSPS) is 12.2. The average molecular weight is 577 g/mol. The topological polar surface area (TPSA) is 86.8 Å². The number of rotatable bonds is 10. The van der Waals surface area contributed by atoms with Gasteiger partial charge in [-0.25, -0.2) is 8.42 Å². The molecule has 7 nitrogen and oxygen atoms in total. The monoisotopic (exact) mass is 575 g/mol. The summed E-state index contributed by atoms with van der Waals surface area (Å²) >= 11 is 12.3. The molecule has 0 unspecified atom stereocenters. The Kier molecular flexibility index (Phi) is 9.82. The van der Waals surface area contributed by atoms with Crippen molar-refractivity contribution in [1.82, 2.24) is 10.2 Å². The summed E-state index contributed by atoms with van der Waals surface area (Å²) in [4.78, 5) is 28.1. The highest BCUT2D eigenvalue weighted by Gasteiger charge is 2.33. The van der Waals surface area contributed by atoms with E-state index in [4.69, 9.17) is 23.2 Å². The quantitative estimate of drug-likeness (QED) is 0.348. The van der Waals surface area contributed by atoms with Gasteiger partial charge in [0, 0.05) is 22.6 Å². The largest absolute Gasteiger partial charge is 0.352 e. The van der Waals surface area contributed by atoms with Crippen LogP contribution in [0.15, 0.2) is 77.7 Å². The van der Waals surface area contributed by atoms with Crippen molar-refractivity contribution >= 4 is 50.7 Å². The van der Waals surface area contributed by atoms with Crippen LogP contribution in [0.5, 0.6) is 0 Å². The van der Waals surface area contributed by atoms with Crippen molar-refractivity contribution in [2.24, 2.45) is 0 Å². The third-order valence-electron chi connectivity index (χ3n) is 5.90. The molecule has 0 aliphatic carbocycles. The number of anilines is 1. The van der Waals surface area contributed by atoms with Gasteiger partial charge in [0.25, 0.3) is 10.0 Å². The van der Waals surface area contributed by atoms with Gasteiger partial charge in [0.1, 0.15) is 12.6 Å². The molecule has 38 heavy (non-hydrogen) atoms. The first kappa shape index (κ1) is 29.5. The lowest BCUT2D eigenvalue weighted by Gasteiger charge is -2.32. The number of halogens is 2. The van der Waals surface area contributed by atoms with Gasteiger partial charge in [-0.15, -0.1) is 0 Å². The first-order chi connectivity index (χ1) is 17.9. The molecule has 0 fully saturated rings. The second kappa shape index (κ2) is 12.7. The predicted molar refractivity (Wildman–Crippen MR) is 152 cm³/mol. The van der Waals surface area contributed by atoms with Crippen LogP contribution in [0, 0.1) is 6.92 Å². The number of nitrogens with zero attached hydrogens (tertiary/aromatic N) is 2. The molecule has 3 aromatic rings. The Balaban J connectivity index is 2.03. The van der Waals surface area contributed by atoms with Crippen molar-refractivity contribution in [2.75, 3.05) is 10.8 Å². The van der Waals surface area contributed by atoms with Crippen LogP contribution in [0.1, 0.15) is 31.9 Å². The van der Waals surface area contributed by atoms with Crippen LogP contribution < -0.4 is 9.62 Å². The third kappa shape index (κ3) is 7.28. The van der Waals surface area contributed by atoms with Crippen molar-refractivity contribution in [1.29, 1.82) is 0 Å². The number of carbonyl (C=O) groups is 2. The molecule has 0 aromatic heterocycles. The fourth-order valence-corrected chi connectivity index (χ4v) is 5.51. The number of hydrogen-bond acceptors (Lipinski definition) is 4. The fourth-order valence-electron chi connectivity index (χ4n) is 3.77. The van der Waals surface area contributed by atoms with Crippen molar-refractivity contribution in [3.05, 3.63) is 94.0 Å². The van der Waals surface area contributed by atoms with Crippen LogP contribution in [-0.2, 0) is 26.2 Å². The molecule has 202 valence electrons. The van der Waals surface area contributed by atoms with Crippen molar-refractivity contribution < 1.29 is 18.0 Å². The Morgan fingerprint density at radius 2 is 1.50 bits per heavy atom. The zero-order valence-electron chi connectivity index (χ0n) is 21.7. The van der Waals surface area contributed by atoms with Crippen LogP contribution in [0.3, 0.4) is 0 Å². The summed E-state index contributed by atoms with van der Waals surface area (Å²) in [6.45, 7) is 6.63. The van der Waals surface area contributed by atoms with E-state index in [1.165, 1.54) is 29.2 Å². The first-order valence-corrected chi connectivity index (χ1v) is 14.3. The summed E-state index contributed by atoms with van der Waals surface area (Å²) in [6.07, 6.45) is 0. The lowest BCUT2D eigenvalue weighted by atomic mass is 10.1. The van der Waals surface area contributed by atoms with E-state index in [2.05, 4.69) is 5.32 Å². The molecule has 0 radical (unpaired) electrons. The minimum absolute atomic E-state index is 0.0153. The van der Waals surface area contributed by atoms with Gasteiger partial charge in [-0.05, 0) is 75.7 Å². The molecule has 2 amide bonds. The Morgan fingerprint density at radius 3 is 2.08 bits per heavy atom. The van der Waals surface area contributed by atoms with Gasteiger partial charge in [-0.1, -0.05) is 59.1 Å². The van der Waals surface area contributed by atoms with Gasteiger partial charge in [-0.2, -0.15) is 0 Å². The summed E-state index contributed by atoms with van der Waals surface area (Å²) in [7, 11) is -4.16. The molecule has 1 N–H and O–H groups in total. The second-order valence-electron chi connectivity index (χ2n) is 9.25. The molecule has 3 aromatic carbocycles. The van der Waals surface area contributed by atoms with Crippen LogP contribution in [0.25, 0.3) is 0 Å². The van der Waals surface area contributed by atoms with Crippen LogP contribution in [0.2, 0.25) is 10.0 Å². The maximum atomic E-state index is 13.8. The zero-order chi connectivity index (χ0) is 28.0. The number of hydrogen-bond donors (Lipinski definition) is 1. The number of aryl methyl sites for hydroxylation is 1. The molecule has 0 spiro atoms. The molecule has 0 saturated heterocycles. The molecule has 1 atom stereocenters. The van der Waals surface area contributed by atoms with E-state index in [1.54, 1.807) is 55.5 Å². The summed E-state index contributed by atoms with van der Waals surface area (Å²) in [6, 6.07) is 18.5. The molecule has 0 saturated carbocycles. The van der Waals surface area contributed by atoms with E-state index in [9.17, 15) is 18.0 Å². The van der Waals surface area contributed by atoms with Crippen LogP contribution in [0.4, 0.5) is 5.69 Å². The highest BCUT2D eigenvalue weighted by atomic mass is 35.5. The van der Waals surface area contributed by atoms with Gasteiger partial charge in [-0.3, -0.25) is 13.9 Å². The average Bonchev–Trinajstić information content (AvgIpc) is 2.86. The molecule has 0 heterocycles. The number of sulfonamides is 1. The van der Waals surface area contributed by atoms with Crippen LogP contribution in [-0.4, -0.2) is 43.8 Å². The number of carbonyl (C=O) groups excluding carboxylic acids is 2. The fraction of sp³-hybridized carbons (Fsp3) is 0.286. The Hall–Kier alpha value is -3.07. The van der Waals surface area contributed by atoms with E-state index in [1.807, 2.05) is 20.8 Å². The van der Waals surface area contributed by atoms with Crippen molar-refractivity contribution in [3.63, 3.8) is 0 Å². The Labute approximate surface area is 234 Å².